The van der Waals surface area contributed by atoms with Crippen LogP contribution in [0.3, 0.4) is 0 Å². The van der Waals surface area contributed by atoms with Crippen LogP contribution in [0.4, 0.5) is 0 Å². The average molecular weight is 315 g/mol. The maximum absolute atomic E-state index is 2.38. The minimum atomic E-state index is 0.0378. The molecule has 2 rings (SSSR count). The summed E-state index contributed by atoms with van der Waals surface area (Å²) in [5.41, 5.74) is 0. The van der Waals surface area contributed by atoms with Crippen LogP contribution in [0.15, 0.2) is 21.5 Å². The van der Waals surface area contributed by atoms with Gasteiger partial charge in [0.15, 0.2) is 0 Å². The van der Waals surface area contributed by atoms with E-state index in [1.54, 1.807) is 4.08 Å². The molecular formula is C8H10Po. The van der Waals surface area contributed by atoms with Crippen molar-refractivity contribution in [3.8, 4) is 0 Å². The second kappa shape index (κ2) is 2.55. The molecule has 0 N–H and O–H groups in total. The molecule has 1 heterocycles. The van der Waals surface area contributed by atoms with E-state index in [1.807, 2.05) is 3.23 Å². The summed E-state index contributed by atoms with van der Waals surface area (Å²) in [5.74, 6) is 1.01. The van der Waals surface area contributed by atoms with Gasteiger partial charge < -0.3 is 0 Å². The molecule has 0 bridgehead atoms. The standard InChI is InChI=1S/C8H10.Po/c1-2-8-6-4-3-5-7-8;/h3-5,8H,1-2,6H2;. The van der Waals surface area contributed by atoms with Crippen LogP contribution in [-0.4, -0.2) is 23.6 Å². The number of fused-ring (bicyclic) bond motifs is 1. The summed E-state index contributed by atoms with van der Waals surface area (Å²) in [7, 11) is 0. The summed E-state index contributed by atoms with van der Waals surface area (Å²) < 4.78 is 3.47. The van der Waals surface area contributed by atoms with E-state index < -0.39 is 0 Å². The molecule has 1 atom stereocenters. The Morgan fingerprint density at radius 1 is 1.56 bits per heavy atom. The maximum atomic E-state index is 2.38. The van der Waals surface area contributed by atoms with Crippen LogP contribution in [-0.2, 0) is 0 Å². The van der Waals surface area contributed by atoms with Crippen LogP contribution in [0, 0.1) is 5.92 Å². The Kier molecular flexibility index (Phi) is 1.73. The molecule has 1 heteroatoms. The third kappa shape index (κ3) is 1.13. The second-order valence-electron chi connectivity index (χ2n) is 2.57. The molecule has 0 aromatic rings. The van der Waals surface area contributed by atoms with E-state index in [-0.39, 0.29) is 23.6 Å². The fourth-order valence-electron chi connectivity index (χ4n) is 1.40. The van der Waals surface area contributed by atoms with Gasteiger partial charge in [-0.1, -0.05) is 0 Å². The Morgan fingerprint density at radius 3 is 3.44 bits per heavy atom. The first kappa shape index (κ1) is 6.11. The topological polar surface area (TPSA) is 0 Å². The van der Waals surface area contributed by atoms with E-state index in [0.717, 1.165) is 5.92 Å². The molecule has 0 spiro atoms. The van der Waals surface area contributed by atoms with E-state index in [0.29, 0.717) is 0 Å². The van der Waals surface area contributed by atoms with Crippen LogP contribution < -0.4 is 0 Å². The minimum absolute atomic E-state index is 0.0378. The van der Waals surface area contributed by atoms with Crippen molar-refractivity contribution in [2.45, 2.75) is 16.9 Å². The molecule has 1 fully saturated rings. The fourth-order valence-corrected chi connectivity index (χ4v) is 6.31. The van der Waals surface area contributed by atoms with Crippen LogP contribution in [0.2, 0.25) is 4.08 Å². The molecule has 0 amide bonds. The molecule has 0 nitrogen and oxygen atoms in total. The van der Waals surface area contributed by atoms with Gasteiger partial charge in [-0.2, -0.15) is 0 Å². The summed E-state index contributed by atoms with van der Waals surface area (Å²) in [6.45, 7) is 0. The first-order valence-corrected chi connectivity index (χ1v) is 7.29. The van der Waals surface area contributed by atoms with Crippen LogP contribution in [0.1, 0.15) is 12.8 Å². The zero-order chi connectivity index (χ0) is 6.10. The van der Waals surface area contributed by atoms with Gasteiger partial charge in [0.2, 0.25) is 0 Å². The van der Waals surface area contributed by atoms with Crippen LogP contribution in [0.5, 0.6) is 0 Å². The van der Waals surface area contributed by atoms with Crippen molar-refractivity contribution in [3.05, 3.63) is 21.5 Å². The van der Waals surface area contributed by atoms with Crippen molar-refractivity contribution in [1.29, 1.82) is 0 Å². The van der Waals surface area contributed by atoms with Crippen molar-refractivity contribution in [1.82, 2.24) is 0 Å². The van der Waals surface area contributed by atoms with Gasteiger partial charge in [-0.25, -0.2) is 0 Å². The summed E-state index contributed by atoms with van der Waals surface area (Å²) in [6.07, 6.45) is 9.81. The number of hydrogen-bond acceptors (Lipinski definition) is 0. The summed E-state index contributed by atoms with van der Waals surface area (Å²) in [6, 6.07) is 0. The van der Waals surface area contributed by atoms with Crippen molar-refractivity contribution in [2.75, 3.05) is 0 Å². The van der Waals surface area contributed by atoms with Gasteiger partial charge in [0, 0.05) is 0 Å². The first-order valence-electron chi connectivity index (χ1n) is 3.46. The van der Waals surface area contributed by atoms with Crippen molar-refractivity contribution < 1.29 is 0 Å². The molecule has 9 heavy (non-hydrogen) atoms. The van der Waals surface area contributed by atoms with E-state index in [2.05, 4.69) is 18.2 Å². The van der Waals surface area contributed by atoms with E-state index in [4.69, 9.17) is 0 Å². The van der Waals surface area contributed by atoms with Crippen molar-refractivity contribution in [3.63, 3.8) is 0 Å². The van der Waals surface area contributed by atoms with E-state index in [9.17, 15) is 0 Å². The molecule has 2 aliphatic rings. The molecule has 48 valence electrons. The fraction of sp³-hybridized carbons (Fsp3) is 0.500. The number of allylic oxidation sites excluding steroid dienone is 4. The predicted molar refractivity (Wildman–Crippen MR) is 40.5 cm³/mol. The number of rotatable bonds is 0. The Hall–Kier alpha value is 0.376. The molecule has 1 unspecified atom stereocenters. The van der Waals surface area contributed by atoms with Crippen LogP contribution >= 0.6 is 0 Å². The third-order valence-corrected chi connectivity index (χ3v) is 6.79. The SMILES string of the molecule is C1=CCC2C[CH2][Po][C]2=C1. The summed E-state index contributed by atoms with van der Waals surface area (Å²) in [5, 5.41) is 0. The molecule has 1 aliphatic carbocycles. The zero-order valence-corrected chi connectivity index (χ0v) is 8.51. The molecule has 0 saturated carbocycles. The van der Waals surface area contributed by atoms with Crippen LogP contribution in [0.25, 0.3) is 0 Å². The first-order chi connectivity index (χ1) is 4.47. The normalized spacial score (nSPS) is 32.0. The Morgan fingerprint density at radius 2 is 2.56 bits per heavy atom. The van der Waals surface area contributed by atoms with E-state index >= 15 is 0 Å². The van der Waals surface area contributed by atoms with E-state index in [1.165, 1.54) is 12.8 Å². The van der Waals surface area contributed by atoms with Gasteiger partial charge in [0.25, 0.3) is 0 Å². The van der Waals surface area contributed by atoms with Gasteiger partial charge in [-0.3, -0.25) is 0 Å². The third-order valence-electron chi connectivity index (χ3n) is 1.95. The molecular weight excluding hydrogens is 305 g/mol. The molecule has 1 aliphatic heterocycles. The van der Waals surface area contributed by atoms with Crippen molar-refractivity contribution >= 4 is 23.6 Å². The van der Waals surface area contributed by atoms with Gasteiger partial charge >= 0.3 is 67.9 Å². The Labute approximate surface area is 67.8 Å². The van der Waals surface area contributed by atoms with Crippen molar-refractivity contribution in [2.24, 2.45) is 5.92 Å². The zero-order valence-electron chi connectivity index (χ0n) is 5.34. The van der Waals surface area contributed by atoms with Gasteiger partial charge in [0.05, 0.1) is 0 Å². The number of hydrogen-bond donors (Lipinski definition) is 0. The summed E-state index contributed by atoms with van der Waals surface area (Å²) in [4.78, 5) is 0. The monoisotopic (exact) mass is 315 g/mol. The summed E-state index contributed by atoms with van der Waals surface area (Å²) >= 11 is 0.0378. The average Bonchev–Trinajstić information content (AvgIpc) is 2.33. The molecule has 0 aromatic carbocycles. The Bertz CT molecular complexity index is 167. The quantitative estimate of drug-likeness (QED) is 0.641. The van der Waals surface area contributed by atoms with Gasteiger partial charge in [-0.05, 0) is 0 Å². The molecule has 1 saturated heterocycles. The van der Waals surface area contributed by atoms with Gasteiger partial charge in [-0.15, -0.1) is 0 Å². The molecule has 0 radical (unpaired) electrons. The predicted octanol–water partition coefficient (Wildman–Crippen LogP) is 1.97. The second-order valence-corrected chi connectivity index (χ2v) is 7.11. The van der Waals surface area contributed by atoms with Gasteiger partial charge in [0.1, 0.15) is 0 Å². The Balaban J connectivity index is 2.23. The molecule has 0 aromatic heterocycles.